The van der Waals surface area contributed by atoms with Crippen molar-refractivity contribution in [2.24, 2.45) is 17.8 Å². The van der Waals surface area contributed by atoms with Crippen LogP contribution in [-0.2, 0) is 19.2 Å². The molecule has 3 aliphatic carbocycles. The fourth-order valence-corrected chi connectivity index (χ4v) is 7.00. The summed E-state index contributed by atoms with van der Waals surface area (Å²) in [6.07, 6.45) is 3.32. The second kappa shape index (κ2) is 9.97. The molecule has 2 amide bonds. The third-order valence-electron chi connectivity index (χ3n) is 8.85. The maximum absolute atomic E-state index is 14.0. The summed E-state index contributed by atoms with van der Waals surface area (Å²) in [5, 5.41) is 29.9. The first-order valence-corrected chi connectivity index (χ1v) is 13.6. The molecule has 11 heteroatoms. The Hall–Kier alpha value is -5.19. The molecule has 1 heterocycles. The van der Waals surface area contributed by atoms with Gasteiger partial charge in [-0.1, -0.05) is 11.6 Å². The van der Waals surface area contributed by atoms with Gasteiger partial charge in [-0.2, -0.15) is 0 Å². The van der Waals surface area contributed by atoms with E-state index in [1.807, 2.05) is 6.08 Å². The Morgan fingerprint density at radius 3 is 2.23 bits per heavy atom. The van der Waals surface area contributed by atoms with Crippen molar-refractivity contribution in [1.29, 1.82) is 0 Å². The number of amides is 2. The molecule has 1 fully saturated rings. The topological polar surface area (TPSA) is 168 Å². The van der Waals surface area contributed by atoms with Crippen LogP contribution >= 0.6 is 0 Å². The Kier molecular flexibility index (Phi) is 6.48. The smallest absolute Gasteiger partial charge is 0.339 e. The van der Waals surface area contributed by atoms with Crippen molar-refractivity contribution < 1.29 is 48.8 Å². The maximum Gasteiger partial charge on any atom is 0.339 e. The molecule has 4 aliphatic rings. The third kappa shape index (κ3) is 4.06. The zero-order valence-electron chi connectivity index (χ0n) is 23.4. The molecule has 6 rings (SSSR count). The minimum absolute atomic E-state index is 0.0325. The predicted octanol–water partition coefficient (Wildman–Crippen LogP) is 3.45. The Labute approximate surface area is 245 Å². The maximum atomic E-state index is 14.0. The monoisotopic (exact) mass is 585 g/mol. The standard InChI is InChI=1S/C32H27NO10/c1-13-8-21(35)20-12-19-16(26(27(20)29(13)37)28-23(42-2)10-15(34)11-24(28)43-3)6-7-18-25(19)31(39)33(30(18)38)14-4-5-17(32(40)41)22(36)9-14/h4-6,8-11,18-19,25-26,34,36H,7,12H2,1-3H3,(H,40,41). The largest absolute Gasteiger partial charge is 0.508 e. The molecule has 2 aromatic rings. The number of phenols is 2. The number of carboxylic acids is 1. The van der Waals surface area contributed by atoms with Gasteiger partial charge in [-0.15, -0.1) is 0 Å². The number of carbonyl (C=O) groups excluding carboxylic acids is 4. The summed E-state index contributed by atoms with van der Waals surface area (Å²) in [5.41, 5.74) is 1.47. The average molecular weight is 586 g/mol. The summed E-state index contributed by atoms with van der Waals surface area (Å²) >= 11 is 0. The van der Waals surface area contributed by atoms with E-state index in [-0.39, 0.29) is 69.6 Å². The lowest BCUT2D eigenvalue weighted by Crippen LogP contribution is -2.40. The number of phenolic OH excluding ortho intramolecular Hbond substituents is 1. The second-order valence-electron chi connectivity index (χ2n) is 11.0. The van der Waals surface area contributed by atoms with Crippen LogP contribution in [-0.4, -0.2) is 58.9 Å². The molecule has 43 heavy (non-hydrogen) atoms. The van der Waals surface area contributed by atoms with Gasteiger partial charge in [0, 0.05) is 46.4 Å². The Balaban J connectivity index is 1.51. The molecule has 220 valence electrons. The highest BCUT2D eigenvalue weighted by Gasteiger charge is 2.57. The van der Waals surface area contributed by atoms with E-state index in [1.54, 1.807) is 6.92 Å². The lowest BCUT2D eigenvalue weighted by Gasteiger charge is -2.42. The number of imide groups is 1. The van der Waals surface area contributed by atoms with Crippen LogP contribution < -0.4 is 14.4 Å². The van der Waals surface area contributed by atoms with Gasteiger partial charge in [0.25, 0.3) is 0 Å². The quantitative estimate of drug-likeness (QED) is 0.269. The number of methoxy groups -OCH3 is 2. The zero-order valence-corrected chi connectivity index (χ0v) is 23.4. The van der Waals surface area contributed by atoms with Crippen molar-refractivity contribution in [3.63, 3.8) is 0 Å². The van der Waals surface area contributed by atoms with Crippen LogP contribution in [0.1, 0.15) is 41.6 Å². The van der Waals surface area contributed by atoms with Crippen LogP contribution in [0, 0.1) is 17.8 Å². The molecule has 1 aliphatic heterocycles. The number of anilines is 1. The van der Waals surface area contributed by atoms with Crippen molar-refractivity contribution in [2.45, 2.75) is 25.7 Å². The van der Waals surface area contributed by atoms with E-state index in [4.69, 9.17) is 9.47 Å². The highest BCUT2D eigenvalue weighted by Crippen LogP contribution is 2.58. The fourth-order valence-electron chi connectivity index (χ4n) is 7.00. The molecule has 0 saturated carbocycles. The predicted molar refractivity (Wildman–Crippen MR) is 150 cm³/mol. The lowest BCUT2D eigenvalue weighted by atomic mass is 9.59. The van der Waals surface area contributed by atoms with Gasteiger partial charge in [0.15, 0.2) is 11.6 Å². The first-order chi connectivity index (χ1) is 20.5. The van der Waals surface area contributed by atoms with E-state index in [9.17, 15) is 39.3 Å². The molecule has 2 aromatic carbocycles. The van der Waals surface area contributed by atoms with Crippen LogP contribution in [0.25, 0.3) is 0 Å². The van der Waals surface area contributed by atoms with E-state index in [2.05, 4.69) is 0 Å². The highest BCUT2D eigenvalue weighted by molar-refractivity contribution is 6.25. The van der Waals surface area contributed by atoms with E-state index in [0.29, 0.717) is 11.1 Å². The van der Waals surface area contributed by atoms with Gasteiger partial charge in [-0.3, -0.25) is 19.2 Å². The number of carbonyl (C=O) groups is 5. The first-order valence-electron chi connectivity index (χ1n) is 13.6. The number of carboxylic acid groups (broad SMARTS) is 1. The third-order valence-corrected chi connectivity index (χ3v) is 8.85. The minimum atomic E-state index is -1.36. The van der Waals surface area contributed by atoms with Gasteiger partial charge >= 0.3 is 5.97 Å². The van der Waals surface area contributed by atoms with Crippen molar-refractivity contribution in [3.8, 4) is 23.0 Å². The van der Waals surface area contributed by atoms with Gasteiger partial charge in [0.1, 0.15) is 28.6 Å². The molecule has 4 atom stereocenters. The van der Waals surface area contributed by atoms with Crippen molar-refractivity contribution >= 4 is 35.0 Å². The SMILES string of the molecule is COc1cc(O)cc(OC)c1C1C2=CCC3C(=O)N(c4ccc(C(=O)O)c(O)c4)C(=O)C3C2CC2=C1C(=O)C(C)=CC2=O. The Morgan fingerprint density at radius 2 is 1.63 bits per heavy atom. The number of nitrogens with zero attached hydrogens (tertiary/aromatic N) is 1. The highest BCUT2D eigenvalue weighted by atomic mass is 16.5. The number of ketones is 2. The average Bonchev–Trinajstić information content (AvgIpc) is 3.23. The van der Waals surface area contributed by atoms with Gasteiger partial charge in [-0.25, -0.2) is 9.69 Å². The zero-order chi connectivity index (χ0) is 30.9. The number of ether oxygens (including phenoxy) is 2. The van der Waals surface area contributed by atoms with Crippen molar-refractivity contribution in [1.82, 2.24) is 0 Å². The Morgan fingerprint density at radius 1 is 0.953 bits per heavy atom. The molecule has 0 aromatic heterocycles. The van der Waals surface area contributed by atoms with E-state index < -0.39 is 47.2 Å². The molecule has 11 nitrogen and oxygen atoms in total. The molecule has 0 radical (unpaired) electrons. The molecule has 0 bridgehead atoms. The molecular formula is C32H27NO10. The Bertz CT molecular complexity index is 1740. The number of aromatic hydroxyl groups is 2. The number of Topliss-reactive ketones (excluding diaryl/α,β-unsaturated/α-hetero) is 1. The van der Waals surface area contributed by atoms with E-state index in [1.165, 1.54) is 38.5 Å². The number of hydrogen-bond donors (Lipinski definition) is 3. The number of rotatable bonds is 5. The number of fused-ring (bicyclic) bond motifs is 3. The second-order valence-corrected chi connectivity index (χ2v) is 11.0. The molecule has 4 unspecified atom stereocenters. The molecule has 3 N–H and O–H groups in total. The summed E-state index contributed by atoms with van der Waals surface area (Å²) in [6.45, 7) is 1.56. The van der Waals surface area contributed by atoms with Crippen LogP contribution in [0.15, 0.2) is 64.8 Å². The summed E-state index contributed by atoms with van der Waals surface area (Å²) in [7, 11) is 2.80. The van der Waals surface area contributed by atoms with Gasteiger partial charge in [-0.05, 0) is 43.9 Å². The lowest BCUT2D eigenvalue weighted by molar-refractivity contribution is -0.123. The van der Waals surface area contributed by atoms with Crippen LogP contribution in [0.2, 0.25) is 0 Å². The number of benzene rings is 2. The molecular weight excluding hydrogens is 558 g/mol. The number of hydrogen-bond acceptors (Lipinski definition) is 9. The minimum Gasteiger partial charge on any atom is -0.508 e. The van der Waals surface area contributed by atoms with Gasteiger partial charge in [0.2, 0.25) is 11.8 Å². The first kappa shape index (κ1) is 28.0. The normalized spacial score (nSPS) is 24.7. The summed E-state index contributed by atoms with van der Waals surface area (Å²) in [4.78, 5) is 67.1. The molecule has 1 saturated heterocycles. The van der Waals surface area contributed by atoms with Gasteiger partial charge in [0.05, 0.1) is 31.7 Å². The summed E-state index contributed by atoms with van der Waals surface area (Å²) < 4.78 is 11.2. The van der Waals surface area contributed by atoms with Crippen LogP contribution in [0.5, 0.6) is 23.0 Å². The molecule has 0 spiro atoms. The van der Waals surface area contributed by atoms with E-state index >= 15 is 0 Å². The van der Waals surface area contributed by atoms with Crippen LogP contribution in [0.3, 0.4) is 0 Å². The van der Waals surface area contributed by atoms with E-state index in [0.717, 1.165) is 17.0 Å². The summed E-state index contributed by atoms with van der Waals surface area (Å²) in [6, 6.07) is 6.24. The van der Waals surface area contributed by atoms with Crippen molar-refractivity contribution in [3.05, 3.63) is 75.9 Å². The van der Waals surface area contributed by atoms with Crippen LogP contribution in [0.4, 0.5) is 5.69 Å². The van der Waals surface area contributed by atoms with Crippen molar-refractivity contribution in [2.75, 3.05) is 19.1 Å². The number of allylic oxidation sites excluding steroid dienone is 6. The van der Waals surface area contributed by atoms with Gasteiger partial charge < -0.3 is 24.8 Å². The fraction of sp³-hybridized carbons (Fsp3) is 0.281. The summed E-state index contributed by atoms with van der Waals surface area (Å²) in [5.74, 6) is -6.60. The number of aromatic carboxylic acids is 1.